The van der Waals surface area contributed by atoms with Crippen molar-refractivity contribution < 1.29 is 13.2 Å². The van der Waals surface area contributed by atoms with Crippen molar-refractivity contribution in [3.8, 4) is 0 Å². The van der Waals surface area contributed by atoms with Crippen LogP contribution in [0.2, 0.25) is 0 Å². The Morgan fingerprint density at radius 3 is 2.11 bits per heavy atom. The predicted octanol–water partition coefficient (Wildman–Crippen LogP) is 5.75. The molecule has 2 nitrogen and oxygen atoms in total. The van der Waals surface area contributed by atoms with Crippen LogP contribution in [0.3, 0.4) is 0 Å². The van der Waals surface area contributed by atoms with Crippen molar-refractivity contribution in [1.82, 2.24) is 5.32 Å². The summed E-state index contributed by atoms with van der Waals surface area (Å²) in [6, 6.07) is 6.38. The molecule has 28 heavy (non-hydrogen) atoms. The maximum Gasteiger partial charge on any atom is 0.416 e. The maximum atomic E-state index is 12.7. The summed E-state index contributed by atoms with van der Waals surface area (Å²) in [5, 5.41) is 3.57. The Labute approximate surface area is 167 Å². The second kappa shape index (κ2) is 9.17. The Morgan fingerprint density at radius 1 is 0.929 bits per heavy atom. The first-order chi connectivity index (χ1) is 13.2. The smallest absolute Gasteiger partial charge is 0.328 e. The van der Waals surface area contributed by atoms with Gasteiger partial charge in [0.1, 0.15) is 0 Å². The van der Waals surface area contributed by atoms with Crippen molar-refractivity contribution in [2.45, 2.75) is 83.6 Å². The number of rotatable bonds is 5. The first-order valence-corrected chi connectivity index (χ1v) is 10.9. The molecule has 3 rings (SSSR count). The van der Waals surface area contributed by atoms with Crippen LogP contribution >= 0.6 is 0 Å². The Kier molecular flexibility index (Phi) is 7.08. The molecule has 0 radical (unpaired) electrons. The van der Waals surface area contributed by atoms with Gasteiger partial charge in [-0.15, -0.1) is 0 Å². The van der Waals surface area contributed by atoms with Crippen LogP contribution in [0.5, 0.6) is 0 Å². The Morgan fingerprint density at radius 2 is 1.54 bits per heavy atom. The lowest BCUT2D eigenvalue weighted by atomic mass is 9.68. The van der Waals surface area contributed by atoms with E-state index in [4.69, 9.17) is 5.73 Å². The number of nitrogens with two attached hydrogens (primary N) is 1. The molecule has 2 fully saturated rings. The summed E-state index contributed by atoms with van der Waals surface area (Å²) < 4.78 is 38.0. The average Bonchev–Trinajstić information content (AvgIpc) is 2.63. The first-order valence-electron chi connectivity index (χ1n) is 10.9. The average molecular weight is 397 g/mol. The highest BCUT2D eigenvalue weighted by Gasteiger charge is 2.33. The summed E-state index contributed by atoms with van der Waals surface area (Å²) in [7, 11) is 0. The number of hydrogen-bond acceptors (Lipinski definition) is 2. The highest BCUT2D eigenvalue weighted by atomic mass is 19.4. The van der Waals surface area contributed by atoms with Gasteiger partial charge in [0, 0.05) is 18.6 Å². The van der Waals surface area contributed by atoms with Crippen LogP contribution in [0.15, 0.2) is 24.3 Å². The van der Waals surface area contributed by atoms with Crippen LogP contribution in [0.25, 0.3) is 0 Å². The number of alkyl halides is 3. The molecular formula is C23H35F3N2. The molecule has 0 spiro atoms. The third kappa shape index (κ3) is 5.73. The van der Waals surface area contributed by atoms with E-state index in [9.17, 15) is 13.2 Å². The van der Waals surface area contributed by atoms with Crippen molar-refractivity contribution in [3.63, 3.8) is 0 Å². The molecule has 3 N–H and O–H groups in total. The van der Waals surface area contributed by atoms with E-state index in [2.05, 4.69) is 19.2 Å². The molecule has 1 aromatic carbocycles. The third-order valence-corrected chi connectivity index (χ3v) is 7.22. The minimum absolute atomic E-state index is 0.397. The molecule has 158 valence electrons. The van der Waals surface area contributed by atoms with Crippen LogP contribution < -0.4 is 11.1 Å². The Balaban J connectivity index is 1.44. The normalized spacial score (nSPS) is 34.4. The molecule has 2 saturated carbocycles. The summed E-state index contributed by atoms with van der Waals surface area (Å²) in [5.41, 5.74) is 6.44. The number of benzene rings is 1. The fourth-order valence-corrected chi connectivity index (χ4v) is 5.31. The van der Waals surface area contributed by atoms with Crippen molar-refractivity contribution in [3.05, 3.63) is 35.4 Å². The fourth-order valence-electron chi connectivity index (χ4n) is 5.31. The lowest BCUT2D eigenvalue weighted by molar-refractivity contribution is -0.137. The van der Waals surface area contributed by atoms with Gasteiger partial charge in [0.05, 0.1) is 5.56 Å². The quantitative estimate of drug-likeness (QED) is 0.665. The minimum Gasteiger partial charge on any atom is -0.328 e. The monoisotopic (exact) mass is 396 g/mol. The zero-order valence-electron chi connectivity index (χ0n) is 17.1. The van der Waals surface area contributed by atoms with E-state index in [1.165, 1.54) is 44.2 Å². The van der Waals surface area contributed by atoms with Crippen LogP contribution in [-0.4, -0.2) is 12.1 Å². The van der Waals surface area contributed by atoms with E-state index in [0.29, 0.717) is 24.5 Å². The molecule has 0 saturated heterocycles. The molecule has 5 heteroatoms. The minimum atomic E-state index is -4.26. The standard InChI is InChI=1S/C23H35F3N2/c1-15-11-21(27)9-5-18(15)13-19-6-10-22(12-16(19)2)28-14-17-3-7-20(8-4-17)23(24,25)26/h3-4,7-8,15-16,18-19,21-22,28H,5-6,9-14,27H2,1-2H3. The van der Waals surface area contributed by atoms with E-state index < -0.39 is 11.7 Å². The zero-order chi connectivity index (χ0) is 20.3. The van der Waals surface area contributed by atoms with Gasteiger partial charge < -0.3 is 11.1 Å². The molecule has 2 aliphatic rings. The number of nitrogens with one attached hydrogen (secondary N) is 1. The van der Waals surface area contributed by atoms with Gasteiger partial charge >= 0.3 is 6.18 Å². The summed E-state index contributed by atoms with van der Waals surface area (Å²) in [6.45, 7) is 5.37. The molecule has 0 heterocycles. The molecule has 2 aliphatic carbocycles. The van der Waals surface area contributed by atoms with Gasteiger partial charge in [-0.1, -0.05) is 26.0 Å². The van der Waals surface area contributed by atoms with Crippen LogP contribution in [0, 0.1) is 23.7 Å². The second-order valence-electron chi connectivity index (χ2n) is 9.37. The lowest BCUT2D eigenvalue weighted by Crippen LogP contribution is -2.38. The van der Waals surface area contributed by atoms with Crippen molar-refractivity contribution >= 4 is 0 Å². The first kappa shape index (κ1) is 21.6. The van der Waals surface area contributed by atoms with E-state index in [1.54, 1.807) is 12.1 Å². The van der Waals surface area contributed by atoms with Gasteiger partial charge in [0.2, 0.25) is 0 Å². The highest BCUT2D eigenvalue weighted by molar-refractivity contribution is 5.24. The molecule has 0 aromatic heterocycles. The largest absolute Gasteiger partial charge is 0.416 e. The summed E-state index contributed by atoms with van der Waals surface area (Å²) in [6.07, 6.45) is 4.27. The topological polar surface area (TPSA) is 38.0 Å². The fraction of sp³-hybridized carbons (Fsp3) is 0.739. The van der Waals surface area contributed by atoms with Crippen LogP contribution in [0.1, 0.15) is 69.9 Å². The SMILES string of the molecule is CC1CC(N)CCC1CC1CCC(NCc2ccc(C(F)(F)F)cc2)CC1C. The van der Waals surface area contributed by atoms with Gasteiger partial charge in [-0.25, -0.2) is 0 Å². The molecule has 0 aliphatic heterocycles. The molecule has 0 amide bonds. The van der Waals surface area contributed by atoms with Crippen LogP contribution in [-0.2, 0) is 12.7 Å². The third-order valence-electron chi connectivity index (χ3n) is 7.22. The van der Waals surface area contributed by atoms with E-state index in [-0.39, 0.29) is 0 Å². The molecule has 6 unspecified atom stereocenters. The summed E-state index contributed by atoms with van der Waals surface area (Å²) in [5.74, 6) is 3.06. The number of halogens is 3. The molecular weight excluding hydrogens is 361 g/mol. The number of hydrogen-bond donors (Lipinski definition) is 2. The van der Waals surface area contributed by atoms with Crippen LogP contribution in [0.4, 0.5) is 13.2 Å². The highest BCUT2D eigenvalue weighted by Crippen LogP contribution is 2.40. The van der Waals surface area contributed by atoms with Gasteiger partial charge in [-0.2, -0.15) is 13.2 Å². The maximum absolute atomic E-state index is 12.7. The van der Waals surface area contributed by atoms with Crippen molar-refractivity contribution in [2.75, 3.05) is 0 Å². The van der Waals surface area contributed by atoms with E-state index >= 15 is 0 Å². The summed E-state index contributed by atoms with van der Waals surface area (Å²) >= 11 is 0. The van der Waals surface area contributed by atoms with E-state index in [0.717, 1.165) is 36.2 Å². The molecule has 6 atom stereocenters. The predicted molar refractivity (Wildman–Crippen MR) is 108 cm³/mol. The Bertz CT molecular complexity index is 613. The molecule has 0 bridgehead atoms. The zero-order valence-corrected chi connectivity index (χ0v) is 17.1. The summed E-state index contributed by atoms with van der Waals surface area (Å²) in [4.78, 5) is 0. The second-order valence-corrected chi connectivity index (χ2v) is 9.37. The molecule has 1 aromatic rings. The Hall–Kier alpha value is -1.07. The van der Waals surface area contributed by atoms with Gasteiger partial charge in [-0.05, 0) is 86.3 Å². The van der Waals surface area contributed by atoms with E-state index in [1.807, 2.05) is 0 Å². The van der Waals surface area contributed by atoms with Crippen molar-refractivity contribution in [2.24, 2.45) is 29.4 Å². The lowest BCUT2D eigenvalue weighted by Gasteiger charge is -2.40. The van der Waals surface area contributed by atoms with Gasteiger partial charge in [-0.3, -0.25) is 0 Å². The van der Waals surface area contributed by atoms with Crippen molar-refractivity contribution in [1.29, 1.82) is 0 Å². The van der Waals surface area contributed by atoms with Gasteiger partial charge in [0.15, 0.2) is 0 Å². The van der Waals surface area contributed by atoms with Gasteiger partial charge in [0.25, 0.3) is 0 Å².